The third-order valence-corrected chi connectivity index (χ3v) is 3.24. The second-order valence-electron chi connectivity index (χ2n) is 2.96. The van der Waals surface area contributed by atoms with Gasteiger partial charge in [-0.1, -0.05) is 19.6 Å². The molecule has 0 amide bonds. The molecule has 14 heavy (non-hydrogen) atoms. The highest BCUT2D eigenvalue weighted by molar-refractivity contribution is 7.14. The number of thiophene rings is 1. The Morgan fingerprint density at radius 3 is 2.93 bits per heavy atom. The normalized spacial score (nSPS) is 9.86. The molecule has 0 spiro atoms. The lowest BCUT2D eigenvalue weighted by atomic mass is 10.2. The highest BCUT2D eigenvalue weighted by atomic mass is 32.1. The Bertz CT molecular complexity index is 339. The van der Waals surface area contributed by atoms with Gasteiger partial charge in [-0.3, -0.25) is 0 Å². The number of ether oxygens (including phenoxy) is 1. The fourth-order valence-electron chi connectivity index (χ4n) is 1.18. The summed E-state index contributed by atoms with van der Waals surface area (Å²) in [6.45, 7) is 7.86. The molecular weight excluding hydrogens is 196 g/mol. The fraction of sp³-hybridized carbons (Fsp3) is 0.364. The predicted octanol–water partition coefficient (Wildman–Crippen LogP) is 2.96. The molecule has 0 unspecified atom stereocenters. The maximum atomic E-state index is 11.4. The van der Waals surface area contributed by atoms with Crippen LogP contribution in [0.3, 0.4) is 0 Å². The molecule has 1 aromatic rings. The summed E-state index contributed by atoms with van der Waals surface area (Å²) >= 11 is 1.51. The van der Waals surface area contributed by atoms with E-state index >= 15 is 0 Å². The maximum Gasteiger partial charge on any atom is 0.348 e. The average molecular weight is 210 g/mol. The summed E-state index contributed by atoms with van der Waals surface area (Å²) in [6, 6.07) is 1.88. The standard InChI is InChI=1S/C11H14O2S/c1-4-6-13-11(12)10-7-8(3)9(5-2)14-10/h4,7H,1,5-6H2,2-3H3. The molecule has 0 fully saturated rings. The van der Waals surface area contributed by atoms with Crippen LogP contribution >= 0.6 is 11.3 Å². The van der Waals surface area contributed by atoms with Crippen LogP contribution in [0.2, 0.25) is 0 Å². The van der Waals surface area contributed by atoms with E-state index in [0.717, 1.165) is 6.42 Å². The van der Waals surface area contributed by atoms with Crippen LogP contribution < -0.4 is 0 Å². The van der Waals surface area contributed by atoms with Crippen molar-refractivity contribution < 1.29 is 9.53 Å². The summed E-state index contributed by atoms with van der Waals surface area (Å²) in [6.07, 6.45) is 2.53. The minimum absolute atomic E-state index is 0.252. The zero-order chi connectivity index (χ0) is 10.6. The number of esters is 1. The Balaban J connectivity index is 2.75. The topological polar surface area (TPSA) is 26.3 Å². The number of carbonyl (C=O) groups excluding carboxylic acids is 1. The van der Waals surface area contributed by atoms with Gasteiger partial charge in [0.1, 0.15) is 11.5 Å². The van der Waals surface area contributed by atoms with E-state index in [1.165, 1.54) is 21.8 Å². The zero-order valence-corrected chi connectivity index (χ0v) is 9.32. The van der Waals surface area contributed by atoms with Gasteiger partial charge in [0, 0.05) is 4.88 Å². The van der Waals surface area contributed by atoms with Gasteiger partial charge in [0.2, 0.25) is 0 Å². The number of hydrogen-bond acceptors (Lipinski definition) is 3. The molecule has 0 radical (unpaired) electrons. The van der Waals surface area contributed by atoms with Crippen molar-refractivity contribution in [3.05, 3.63) is 34.0 Å². The van der Waals surface area contributed by atoms with Gasteiger partial charge in [0.25, 0.3) is 0 Å². The lowest BCUT2D eigenvalue weighted by Crippen LogP contribution is -2.02. The van der Waals surface area contributed by atoms with Crippen molar-refractivity contribution in [1.29, 1.82) is 0 Å². The van der Waals surface area contributed by atoms with Crippen LogP contribution in [0, 0.1) is 6.92 Å². The van der Waals surface area contributed by atoms with Crippen molar-refractivity contribution in [3.8, 4) is 0 Å². The van der Waals surface area contributed by atoms with E-state index in [1.54, 1.807) is 6.08 Å². The molecule has 0 atom stereocenters. The second-order valence-corrected chi connectivity index (χ2v) is 4.09. The van der Waals surface area contributed by atoms with Gasteiger partial charge in [-0.25, -0.2) is 4.79 Å². The summed E-state index contributed by atoms with van der Waals surface area (Å²) in [7, 11) is 0. The molecular formula is C11H14O2S. The molecule has 1 rings (SSSR count). The van der Waals surface area contributed by atoms with Crippen LogP contribution in [0.15, 0.2) is 18.7 Å². The Morgan fingerprint density at radius 2 is 2.43 bits per heavy atom. The van der Waals surface area contributed by atoms with Gasteiger partial charge < -0.3 is 4.74 Å². The van der Waals surface area contributed by atoms with Gasteiger partial charge in [-0.2, -0.15) is 0 Å². The summed E-state index contributed by atoms with van der Waals surface area (Å²) in [5.41, 5.74) is 1.17. The lowest BCUT2D eigenvalue weighted by molar-refractivity contribution is 0.0555. The van der Waals surface area contributed by atoms with Crippen LogP contribution in [0.4, 0.5) is 0 Å². The van der Waals surface area contributed by atoms with Gasteiger partial charge in [-0.05, 0) is 25.0 Å². The van der Waals surface area contributed by atoms with Crippen molar-refractivity contribution >= 4 is 17.3 Å². The molecule has 0 aliphatic carbocycles. The highest BCUT2D eigenvalue weighted by Crippen LogP contribution is 2.22. The van der Waals surface area contributed by atoms with Crippen molar-refractivity contribution in [1.82, 2.24) is 0 Å². The van der Waals surface area contributed by atoms with Crippen LogP contribution in [-0.2, 0) is 11.2 Å². The van der Waals surface area contributed by atoms with Gasteiger partial charge in [-0.15, -0.1) is 11.3 Å². The first-order chi connectivity index (χ1) is 6.69. The minimum Gasteiger partial charge on any atom is -0.457 e. The van der Waals surface area contributed by atoms with E-state index in [4.69, 9.17) is 4.74 Å². The van der Waals surface area contributed by atoms with E-state index in [9.17, 15) is 4.79 Å². The highest BCUT2D eigenvalue weighted by Gasteiger charge is 2.11. The van der Waals surface area contributed by atoms with E-state index in [2.05, 4.69) is 13.5 Å². The molecule has 1 aromatic heterocycles. The Labute approximate surface area is 88.2 Å². The largest absolute Gasteiger partial charge is 0.457 e. The van der Waals surface area contributed by atoms with Gasteiger partial charge >= 0.3 is 5.97 Å². The average Bonchev–Trinajstić information content (AvgIpc) is 2.56. The minimum atomic E-state index is -0.252. The summed E-state index contributed by atoms with van der Waals surface area (Å²) in [5.74, 6) is -0.252. The number of hydrogen-bond donors (Lipinski definition) is 0. The third-order valence-electron chi connectivity index (χ3n) is 1.88. The maximum absolute atomic E-state index is 11.4. The molecule has 2 nitrogen and oxygen atoms in total. The first-order valence-corrected chi connectivity index (χ1v) is 5.38. The van der Waals surface area contributed by atoms with E-state index in [0.29, 0.717) is 4.88 Å². The van der Waals surface area contributed by atoms with Crippen molar-refractivity contribution in [2.45, 2.75) is 20.3 Å². The van der Waals surface area contributed by atoms with E-state index in [1.807, 2.05) is 13.0 Å². The molecule has 3 heteroatoms. The van der Waals surface area contributed by atoms with E-state index in [-0.39, 0.29) is 12.6 Å². The van der Waals surface area contributed by atoms with Crippen LogP contribution in [0.25, 0.3) is 0 Å². The summed E-state index contributed by atoms with van der Waals surface area (Å²) < 4.78 is 4.94. The summed E-state index contributed by atoms with van der Waals surface area (Å²) in [4.78, 5) is 13.4. The SMILES string of the molecule is C=CCOC(=O)c1cc(C)c(CC)s1. The molecule has 0 bridgehead atoms. The second kappa shape index (κ2) is 4.96. The molecule has 0 aromatic carbocycles. The van der Waals surface area contributed by atoms with Gasteiger partial charge in [0.15, 0.2) is 0 Å². The summed E-state index contributed by atoms with van der Waals surface area (Å²) in [5, 5.41) is 0. The molecule has 0 N–H and O–H groups in total. The first kappa shape index (κ1) is 11.0. The molecule has 0 aliphatic heterocycles. The van der Waals surface area contributed by atoms with E-state index < -0.39 is 0 Å². The predicted molar refractivity (Wildman–Crippen MR) is 58.9 cm³/mol. The fourth-order valence-corrected chi connectivity index (χ4v) is 2.18. The molecule has 76 valence electrons. The third kappa shape index (κ3) is 2.45. The Morgan fingerprint density at radius 1 is 1.71 bits per heavy atom. The smallest absolute Gasteiger partial charge is 0.348 e. The van der Waals surface area contributed by atoms with Crippen molar-refractivity contribution in [3.63, 3.8) is 0 Å². The number of rotatable bonds is 4. The molecule has 0 saturated heterocycles. The quantitative estimate of drug-likeness (QED) is 0.564. The monoisotopic (exact) mass is 210 g/mol. The van der Waals surface area contributed by atoms with Crippen LogP contribution in [-0.4, -0.2) is 12.6 Å². The molecule has 0 aliphatic rings. The van der Waals surface area contributed by atoms with Crippen LogP contribution in [0.1, 0.15) is 27.0 Å². The first-order valence-electron chi connectivity index (χ1n) is 4.56. The van der Waals surface area contributed by atoms with Crippen molar-refractivity contribution in [2.75, 3.05) is 6.61 Å². The Kier molecular flexibility index (Phi) is 3.89. The molecule has 0 saturated carbocycles. The van der Waals surface area contributed by atoms with Crippen molar-refractivity contribution in [2.24, 2.45) is 0 Å². The van der Waals surface area contributed by atoms with Crippen LogP contribution in [0.5, 0.6) is 0 Å². The molecule has 1 heterocycles. The Hall–Kier alpha value is -1.09. The zero-order valence-electron chi connectivity index (χ0n) is 8.50. The number of carbonyl (C=O) groups is 1. The number of aryl methyl sites for hydroxylation is 2. The van der Waals surface area contributed by atoms with Gasteiger partial charge in [0.05, 0.1) is 0 Å². The lowest BCUT2D eigenvalue weighted by Gasteiger charge is -1.97.